The Morgan fingerprint density at radius 3 is 2.85 bits per heavy atom. The van der Waals surface area contributed by atoms with Gasteiger partial charge in [0.15, 0.2) is 5.69 Å². The number of aromatic nitrogens is 3. The molecule has 106 valence electrons. The molecule has 1 heterocycles. The standard InChI is InChI=1S/C13H13BrFN3O2/c1-2-3-11-12(13(19)20)16-17-18(11)7-8-4-5-9(14)6-10(8)15/h4-6H,2-3,7H2,1H3,(H,19,20). The van der Waals surface area contributed by atoms with Gasteiger partial charge in [0.05, 0.1) is 12.2 Å². The van der Waals surface area contributed by atoms with E-state index in [4.69, 9.17) is 5.11 Å². The molecule has 2 aromatic rings. The van der Waals surface area contributed by atoms with Crippen molar-refractivity contribution in [2.75, 3.05) is 0 Å². The lowest BCUT2D eigenvalue weighted by molar-refractivity contribution is 0.0689. The molecule has 0 aliphatic rings. The number of carbonyl (C=O) groups is 1. The summed E-state index contributed by atoms with van der Waals surface area (Å²) in [6.07, 6.45) is 1.29. The molecule has 0 saturated heterocycles. The van der Waals surface area contributed by atoms with Gasteiger partial charge in [0, 0.05) is 10.0 Å². The molecule has 0 unspecified atom stereocenters. The van der Waals surface area contributed by atoms with Gasteiger partial charge in [-0.15, -0.1) is 5.10 Å². The molecule has 0 aliphatic heterocycles. The van der Waals surface area contributed by atoms with Crippen molar-refractivity contribution in [1.29, 1.82) is 0 Å². The van der Waals surface area contributed by atoms with E-state index in [0.717, 1.165) is 6.42 Å². The Bertz CT molecular complexity index is 643. The summed E-state index contributed by atoms with van der Waals surface area (Å²) >= 11 is 3.19. The summed E-state index contributed by atoms with van der Waals surface area (Å²) in [5.74, 6) is -1.48. The molecule has 1 aromatic heterocycles. The van der Waals surface area contributed by atoms with E-state index < -0.39 is 5.97 Å². The van der Waals surface area contributed by atoms with Crippen molar-refractivity contribution in [1.82, 2.24) is 15.0 Å². The van der Waals surface area contributed by atoms with E-state index in [0.29, 0.717) is 22.2 Å². The van der Waals surface area contributed by atoms with Gasteiger partial charge < -0.3 is 5.11 Å². The third-order valence-corrected chi connectivity index (χ3v) is 3.36. The monoisotopic (exact) mass is 341 g/mol. The van der Waals surface area contributed by atoms with Crippen LogP contribution in [0.4, 0.5) is 4.39 Å². The third-order valence-electron chi connectivity index (χ3n) is 2.86. The fourth-order valence-corrected chi connectivity index (χ4v) is 2.25. The smallest absolute Gasteiger partial charge is 0.358 e. The van der Waals surface area contributed by atoms with Gasteiger partial charge in [0.1, 0.15) is 5.82 Å². The lowest BCUT2D eigenvalue weighted by atomic mass is 10.2. The fraction of sp³-hybridized carbons (Fsp3) is 0.308. The summed E-state index contributed by atoms with van der Waals surface area (Å²) in [7, 11) is 0. The Kier molecular flexibility index (Phi) is 4.49. The lowest BCUT2D eigenvalue weighted by Gasteiger charge is -2.07. The summed E-state index contributed by atoms with van der Waals surface area (Å²) in [6.45, 7) is 2.10. The number of benzene rings is 1. The summed E-state index contributed by atoms with van der Waals surface area (Å²) in [5.41, 5.74) is 0.888. The minimum atomic E-state index is -1.11. The first kappa shape index (κ1) is 14.6. The maximum absolute atomic E-state index is 13.8. The van der Waals surface area contributed by atoms with Crippen molar-refractivity contribution < 1.29 is 14.3 Å². The minimum Gasteiger partial charge on any atom is -0.476 e. The van der Waals surface area contributed by atoms with E-state index >= 15 is 0 Å². The molecule has 1 N–H and O–H groups in total. The number of hydrogen-bond donors (Lipinski definition) is 1. The number of halogens is 2. The maximum Gasteiger partial charge on any atom is 0.358 e. The number of hydrogen-bond acceptors (Lipinski definition) is 3. The molecule has 0 spiro atoms. The molecule has 0 amide bonds. The summed E-state index contributed by atoms with van der Waals surface area (Å²) < 4.78 is 15.9. The molecule has 1 aromatic carbocycles. The second-order valence-corrected chi connectivity index (χ2v) is 5.25. The largest absolute Gasteiger partial charge is 0.476 e. The van der Waals surface area contributed by atoms with Gasteiger partial charge in [0.25, 0.3) is 0 Å². The summed E-state index contributed by atoms with van der Waals surface area (Å²) in [5, 5.41) is 16.5. The molecule has 0 atom stereocenters. The molecule has 0 saturated carbocycles. The lowest BCUT2D eigenvalue weighted by Crippen LogP contribution is -2.10. The van der Waals surface area contributed by atoms with Gasteiger partial charge in [-0.25, -0.2) is 13.9 Å². The van der Waals surface area contributed by atoms with E-state index in [1.54, 1.807) is 12.1 Å². The Morgan fingerprint density at radius 1 is 1.50 bits per heavy atom. The van der Waals surface area contributed by atoms with Crippen LogP contribution in [0.2, 0.25) is 0 Å². The first-order valence-electron chi connectivity index (χ1n) is 6.12. The SMILES string of the molecule is CCCc1c(C(=O)O)nnn1Cc1ccc(Br)cc1F. The van der Waals surface area contributed by atoms with Crippen LogP contribution in [0.15, 0.2) is 22.7 Å². The maximum atomic E-state index is 13.8. The van der Waals surface area contributed by atoms with Gasteiger partial charge >= 0.3 is 5.97 Å². The second kappa shape index (κ2) is 6.13. The molecule has 0 aliphatic carbocycles. The minimum absolute atomic E-state index is 0.0654. The van der Waals surface area contributed by atoms with Crippen molar-refractivity contribution in [3.8, 4) is 0 Å². The van der Waals surface area contributed by atoms with Crippen molar-refractivity contribution >= 4 is 21.9 Å². The molecule has 2 rings (SSSR count). The number of rotatable bonds is 5. The van der Waals surface area contributed by atoms with Crippen LogP contribution in [0.1, 0.15) is 35.1 Å². The molecule has 0 fully saturated rings. The van der Waals surface area contributed by atoms with E-state index in [9.17, 15) is 9.18 Å². The average molecular weight is 342 g/mol. The van der Waals surface area contributed by atoms with Crippen molar-refractivity contribution in [2.24, 2.45) is 0 Å². The van der Waals surface area contributed by atoms with Crippen molar-refractivity contribution in [2.45, 2.75) is 26.3 Å². The molecular weight excluding hydrogens is 329 g/mol. The molecular formula is C13H13BrFN3O2. The van der Waals surface area contributed by atoms with Crippen LogP contribution < -0.4 is 0 Å². The molecule has 7 heteroatoms. The Hall–Kier alpha value is -1.76. The van der Waals surface area contributed by atoms with Crippen LogP contribution in [0.3, 0.4) is 0 Å². The third kappa shape index (κ3) is 3.04. The van der Waals surface area contributed by atoms with E-state index in [-0.39, 0.29) is 18.1 Å². The highest BCUT2D eigenvalue weighted by atomic mass is 79.9. The van der Waals surface area contributed by atoms with Crippen LogP contribution in [0.25, 0.3) is 0 Å². The van der Waals surface area contributed by atoms with Crippen LogP contribution >= 0.6 is 15.9 Å². The molecule has 5 nitrogen and oxygen atoms in total. The highest BCUT2D eigenvalue weighted by Gasteiger charge is 2.18. The van der Waals surface area contributed by atoms with Crippen LogP contribution in [0.5, 0.6) is 0 Å². The first-order valence-corrected chi connectivity index (χ1v) is 6.91. The van der Waals surface area contributed by atoms with E-state index in [2.05, 4.69) is 26.2 Å². The predicted molar refractivity (Wildman–Crippen MR) is 74.2 cm³/mol. The van der Waals surface area contributed by atoms with Crippen molar-refractivity contribution in [3.05, 3.63) is 45.4 Å². The van der Waals surface area contributed by atoms with Crippen molar-refractivity contribution in [3.63, 3.8) is 0 Å². The van der Waals surface area contributed by atoms with E-state index in [1.165, 1.54) is 10.7 Å². The normalized spacial score (nSPS) is 10.8. The number of nitrogens with zero attached hydrogens (tertiary/aromatic N) is 3. The van der Waals surface area contributed by atoms with Crippen LogP contribution in [-0.2, 0) is 13.0 Å². The Morgan fingerprint density at radius 2 is 2.25 bits per heavy atom. The van der Waals surface area contributed by atoms with Crippen LogP contribution in [-0.4, -0.2) is 26.1 Å². The zero-order valence-corrected chi connectivity index (χ0v) is 12.4. The van der Waals surface area contributed by atoms with Gasteiger partial charge in [-0.3, -0.25) is 0 Å². The fourth-order valence-electron chi connectivity index (χ4n) is 1.92. The summed E-state index contributed by atoms with van der Waals surface area (Å²) in [4.78, 5) is 11.1. The van der Waals surface area contributed by atoms with Gasteiger partial charge in [-0.1, -0.05) is 40.6 Å². The zero-order valence-electron chi connectivity index (χ0n) is 10.8. The van der Waals surface area contributed by atoms with Gasteiger partial charge in [-0.2, -0.15) is 0 Å². The quantitative estimate of drug-likeness (QED) is 0.907. The number of carboxylic acids is 1. The van der Waals surface area contributed by atoms with E-state index in [1.807, 2.05) is 6.92 Å². The highest BCUT2D eigenvalue weighted by Crippen LogP contribution is 2.17. The Labute approximate surface area is 123 Å². The average Bonchev–Trinajstić information content (AvgIpc) is 2.77. The zero-order chi connectivity index (χ0) is 14.7. The topological polar surface area (TPSA) is 68.0 Å². The molecule has 0 bridgehead atoms. The second-order valence-electron chi connectivity index (χ2n) is 4.33. The first-order chi connectivity index (χ1) is 9.52. The number of carboxylic acid groups (broad SMARTS) is 1. The Balaban J connectivity index is 2.35. The van der Waals surface area contributed by atoms with Gasteiger partial charge in [-0.05, 0) is 18.6 Å². The predicted octanol–water partition coefficient (Wildman–Crippen LogP) is 2.88. The molecule has 0 radical (unpaired) electrons. The highest BCUT2D eigenvalue weighted by molar-refractivity contribution is 9.10. The molecule has 20 heavy (non-hydrogen) atoms. The summed E-state index contributed by atoms with van der Waals surface area (Å²) in [6, 6.07) is 4.73. The van der Waals surface area contributed by atoms with Gasteiger partial charge in [0.2, 0.25) is 0 Å². The van der Waals surface area contributed by atoms with Crippen LogP contribution in [0, 0.1) is 5.82 Å². The number of aromatic carboxylic acids is 1.